The van der Waals surface area contributed by atoms with Crippen LogP contribution in [0.4, 0.5) is 0 Å². The fourth-order valence-corrected chi connectivity index (χ4v) is 3.45. The van der Waals surface area contributed by atoms with E-state index in [-0.39, 0.29) is 34.3 Å². The molecule has 2 heterocycles. The number of fused-ring (bicyclic) bond motifs is 2. The van der Waals surface area contributed by atoms with Crippen molar-refractivity contribution in [2.75, 3.05) is 6.61 Å². The summed E-state index contributed by atoms with van der Waals surface area (Å²) >= 11 is 0. The van der Waals surface area contributed by atoms with Crippen LogP contribution in [0.2, 0.25) is 0 Å². The molecule has 4 aromatic rings. The first-order chi connectivity index (χ1) is 14.8. The maximum absolute atomic E-state index is 12.8. The second-order valence-electron chi connectivity index (χ2n) is 6.67. The predicted molar refractivity (Wildman–Crippen MR) is 108 cm³/mol. The van der Waals surface area contributed by atoms with Gasteiger partial charge in [-0.25, -0.2) is 9.59 Å². The minimum absolute atomic E-state index is 0.00589. The minimum Gasteiger partial charge on any atom is -0.508 e. The molecule has 0 fully saturated rings. The molecule has 0 bridgehead atoms. The molecule has 158 valence electrons. The molecule has 0 radical (unpaired) electrons. The monoisotopic (exact) mass is 424 g/mol. The van der Waals surface area contributed by atoms with Crippen LogP contribution in [0.25, 0.3) is 21.9 Å². The normalized spacial score (nSPS) is 12.2. The molecule has 0 saturated heterocycles. The highest BCUT2D eigenvalue weighted by molar-refractivity contribution is 5.92. The lowest BCUT2D eigenvalue weighted by atomic mass is 9.90. The first kappa shape index (κ1) is 20.0. The SMILES string of the molecule is CCOC(=O)C(c1c(O)c2ccccc2oc1=O)c1c(O)c2ccc(O)cc2oc1=O. The van der Waals surface area contributed by atoms with E-state index in [9.17, 15) is 29.7 Å². The average molecular weight is 424 g/mol. The van der Waals surface area contributed by atoms with Crippen molar-refractivity contribution in [3.8, 4) is 17.2 Å². The first-order valence-electron chi connectivity index (χ1n) is 9.23. The molecule has 2 aromatic carbocycles. The Morgan fingerprint density at radius 2 is 1.48 bits per heavy atom. The Morgan fingerprint density at radius 1 is 0.903 bits per heavy atom. The lowest BCUT2D eigenvalue weighted by Gasteiger charge is -2.17. The average Bonchev–Trinajstić information content (AvgIpc) is 2.72. The summed E-state index contributed by atoms with van der Waals surface area (Å²) in [6.45, 7) is 1.42. The van der Waals surface area contributed by atoms with Crippen molar-refractivity contribution in [3.63, 3.8) is 0 Å². The van der Waals surface area contributed by atoms with Gasteiger partial charge in [-0.1, -0.05) is 12.1 Å². The molecule has 2 aromatic heterocycles. The summed E-state index contributed by atoms with van der Waals surface area (Å²) in [6, 6.07) is 9.72. The molecule has 4 rings (SSSR count). The van der Waals surface area contributed by atoms with E-state index in [0.717, 1.165) is 6.07 Å². The van der Waals surface area contributed by atoms with E-state index in [0.29, 0.717) is 0 Å². The van der Waals surface area contributed by atoms with Gasteiger partial charge in [0.1, 0.15) is 34.3 Å². The number of phenolic OH excluding ortho intramolecular Hbond substituents is 1. The number of para-hydroxylation sites is 1. The van der Waals surface area contributed by atoms with E-state index in [1.807, 2.05) is 0 Å². The van der Waals surface area contributed by atoms with Gasteiger partial charge in [-0.3, -0.25) is 4.79 Å². The highest BCUT2D eigenvalue weighted by atomic mass is 16.5. The number of phenols is 1. The standard InChI is InChI=1S/C22H16O9/c1-2-29-20(26)15(16-18(24)11-5-3-4-6-13(11)30-21(16)27)17-19(25)12-8-7-10(23)9-14(12)31-22(17)28/h3-9,15,23-25H,2H2,1H3. The molecule has 0 aliphatic heterocycles. The summed E-state index contributed by atoms with van der Waals surface area (Å²) in [4.78, 5) is 38.3. The Morgan fingerprint density at radius 3 is 2.13 bits per heavy atom. The van der Waals surface area contributed by atoms with Gasteiger partial charge in [0.15, 0.2) is 0 Å². The lowest BCUT2D eigenvalue weighted by molar-refractivity contribution is -0.144. The van der Waals surface area contributed by atoms with Gasteiger partial charge in [0.2, 0.25) is 0 Å². The highest BCUT2D eigenvalue weighted by Crippen LogP contribution is 2.39. The quantitative estimate of drug-likeness (QED) is 0.332. The number of ether oxygens (including phenoxy) is 1. The van der Waals surface area contributed by atoms with Gasteiger partial charge in [0, 0.05) is 6.07 Å². The van der Waals surface area contributed by atoms with Crippen LogP contribution in [0.5, 0.6) is 17.2 Å². The van der Waals surface area contributed by atoms with Crippen LogP contribution in [0.15, 0.2) is 60.9 Å². The van der Waals surface area contributed by atoms with Gasteiger partial charge in [-0.15, -0.1) is 0 Å². The Balaban J connectivity index is 2.08. The van der Waals surface area contributed by atoms with Gasteiger partial charge < -0.3 is 28.9 Å². The van der Waals surface area contributed by atoms with Crippen molar-refractivity contribution in [1.29, 1.82) is 0 Å². The van der Waals surface area contributed by atoms with Gasteiger partial charge in [0.05, 0.1) is 28.5 Å². The number of rotatable bonds is 4. The number of hydrogen-bond acceptors (Lipinski definition) is 9. The molecular weight excluding hydrogens is 408 g/mol. The molecule has 0 saturated carbocycles. The van der Waals surface area contributed by atoms with E-state index < -0.39 is 45.8 Å². The third-order valence-electron chi connectivity index (χ3n) is 4.82. The smallest absolute Gasteiger partial charge is 0.344 e. The summed E-state index contributed by atoms with van der Waals surface area (Å²) in [7, 11) is 0. The Bertz CT molecular complexity index is 1450. The maximum Gasteiger partial charge on any atom is 0.344 e. The second kappa shape index (κ2) is 7.52. The number of hydrogen-bond donors (Lipinski definition) is 3. The third-order valence-corrected chi connectivity index (χ3v) is 4.82. The van der Waals surface area contributed by atoms with Crippen molar-refractivity contribution >= 4 is 27.9 Å². The molecule has 9 heteroatoms. The highest BCUT2D eigenvalue weighted by Gasteiger charge is 2.37. The van der Waals surface area contributed by atoms with Crippen molar-refractivity contribution < 1.29 is 33.7 Å². The Labute approximate surface area is 173 Å². The topological polar surface area (TPSA) is 147 Å². The molecule has 0 aliphatic carbocycles. The molecule has 3 N–H and O–H groups in total. The Hall–Kier alpha value is -4.27. The van der Waals surface area contributed by atoms with Gasteiger partial charge in [-0.05, 0) is 31.2 Å². The number of carbonyl (C=O) groups excluding carboxylic acids is 1. The predicted octanol–water partition coefficient (Wildman–Crippen LogP) is 2.71. The van der Waals surface area contributed by atoms with Gasteiger partial charge >= 0.3 is 17.2 Å². The maximum atomic E-state index is 12.8. The number of benzene rings is 2. The second-order valence-corrected chi connectivity index (χ2v) is 6.67. The largest absolute Gasteiger partial charge is 0.508 e. The van der Waals surface area contributed by atoms with Crippen molar-refractivity contribution in [1.82, 2.24) is 0 Å². The minimum atomic E-state index is -1.82. The summed E-state index contributed by atoms with van der Waals surface area (Å²) in [5, 5.41) is 31.3. The van der Waals surface area contributed by atoms with E-state index in [1.54, 1.807) is 12.1 Å². The van der Waals surface area contributed by atoms with E-state index in [4.69, 9.17) is 13.6 Å². The molecule has 0 amide bonds. The van der Waals surface area contributed by atoms with Crippen LogP contribution >= 0.6 is 0 Å². The van der Waals surface area contributed by atoms with Crippen LogP contribution in [0.3, 0.4) is 0 Å². The van der Waals surface area contributed by atoms with Gasteiger partial charge in [-0.2, -0.15) is 0 Å². The molecule has 1 unspecified atom stereocenters. The fourth-order valence-electron chi connectivity index (χ4n) is 3.45. The summed E-state index contributed by atoms with van der Waals surface area (Å²) in [6.07, 6.45) is 0. The summed E-state index contributed by atoms with van der Waals surface area (Å²) < 4.78 is 15.4. The van der Waals surface area contributed by atoms with Crippen LogP contribution < -0.4 is 11.3 Å². The number of aromatic hydroxyl groups is 3. The van der Waals surface area contributed by atoms with Crippen molar-refractivity contribution in [3.05, 3.63) is 74.4 Å². The number of carbonyl (C=O) groups is 1. The van der Waals surface area contributed by atoms with Crippen LogP contribution in [0, 0.1) is 0 Å². The van der Waals surface area contributed by atoms with Crippen LogP contribution in [-0.4, -0.2) is 27.9 Å². The molecule has 0 aliphatic rings. The zero-order valence-corrected chi connectivity index (χ0v) is 16.1. The summed E-state index contributed by atoms with van der Waals surface area (Å²) in [5.41, 5.74) is -3.47. The van der Waals surface area contributed by atoms with E-state index in [1.165, 1.54) is 31.2 Å². The van der Waals surface area contributed by atoms with Crippen LogP contribution in [-0.2, 0) is 9.53 Å². The fraction of sp³-hybridized carbons (Fsp3) is 0.136. The molecule has 1 atom stereocenters. The third kappa shape index (κ3) is 3.25. The zero-order chi connectivity index (χ0) is 22.3. The van der Waals surface area contributed by atoms with Crippen LogP contribution in [0.1, 0.15) is 24.0 Å². The van der Waals surface area contributed by atoms with E-state index in [2.05, 4.69) is 0 Å². The summed E-state index contributed by atoms with van der Waals surface area (Å²) in [5.74, 6) is -4.35. The number of esters is 1. The van der Waals surface area contributed by atoms with Crippen molar-refractivity contribution in [2.24, 2.45) is 0 Å². The molecule has 31 heavy (non-hydrogen) atoms. The lowest BCUT2D eigenvalue weighted by Crippen LogP contribution is -2.27. The zero-order valence-electron chi connectivity index (χ0n) is 16.1. The first-order valence-corrected chi connectivity index (χ1v) is 9.23. The molecule has 9 nitrogen and oxygen atoms in total. The molecular formula is C22H16O9. The molecule has 0 spiro atoms. The van der Waals surface area contributed by atoms with Crippen molar-refractivity contribution in [2.45, 2.75) is 12.8 Å². The Kier molecular flexibility index (Phi) is 4.86. The van der Waals surface area contributed by atoms with Gasteiger partial charge in [0.25, 0.3) is 0 Å². The van der Waals surface area contributed by atoms with E-state index >= 15 is 0 Å².